The Morgan fingerprint density at radius 2 is 0.984 bits per heavy atom. The fraction of sp³-hybridized carbons (Fsp3) is 0.956. The number of nitrogens with zero attached hydrogens (tertiary/aromatic N) is 6. The van der Waals surface area contributed by atoms with E-state index in [2.05, 4.69) is 4.99 Å². The second-order valence-electron chi connectivity index (χ2n) is 24.4. The van der Waals surface area contributed by atoms with Crippen LogP contribution >= 0.6 is 0 Å². The molecule has 0 spiro atoms. The summed E-state index contributed by atoms with van der Waals surface area (Å²) in [5, 5.41) is 74.0. The summed E-state index contributed by atoms with van der Waals surface area (Å²) in [6.07, 6.45) is 4.94. The van der Waals surface area contributed by atoms with Crippen molar-refractivity contribution in [2.75, 3.05) is 13.2 Å². The monoisotopic (exact) mass is 904 g/mol. The predicted molar refractivity (Wildman–Crippen MR) is 238 cm³/mol. The van der Waals surface area contributed by atoms with Gasteiger partial charge in [0.2, 0.25) is 6.08 Å². The minimum Gasteiger partial charge on any atom is -0.481 e. The Bertz CT molecular complexity index is 1530. The van der Waals surface area contributed by atoms with E-state index in [-0.39, 0.29) is 57.5 Å². The number of hydroxylamine groups is 10. The van der Waals surface area contributed by atoms with Gasteiger partial charge in [-0.2, -0.15) is 25.3 Å². The Morgan fingerprint density at radius 1 is 0.603 bits per heavy atom. The van der Waals surface area contributed by atoms with Gasteiger partial charge in [0.25, 0.3) is 0 Å². The number of carboxylic acid groups (broad SMARTS) is 1. The summed E-state index contributed by atoms with van der Waals surface area (Å²) in [6, 6.07) is -0.118. The molecule has 6 unspecified atom stereocenters. The molecule has 0 aromatic carbocycles. The number of rotatable bonds is 5. The lowest BCUT2D eigenvalue weighted by molar-refractivity contribution is -0.204. The van der Waals surface area contributed by atoms with Gasteiger partial charge in [0.15, 0.2) is 0 Å². The van der Waals surface area contributed by atoms with Gasteiger partial charge in [0.1, 0.15) is 6.10 Å². The number of nitrogens with two attached hydrogens (primary N) is 1. The lowest BCUT2D eigenvalue weighted by Crippen LogP contribution is -2.50. The first-order chi connectivity index (χ1) is 27.9. The van der Waals surface area contributed by atoms with Gasteiger partial charge in [-0.3, -0.25) is 4.79 Å². The number of carbonyl (C=O) groups excluding carboxylic acids is 1. The second kappa shape index (κ2) is 19.1. The molecule has 0 bridgehead atoms. The summed E-state index contributed by atoms with van der Waals surface area (Å²) in [5.74, 6) is -1.35. The SMILES string of the molecule is CC1(C)CC(C(=O)O)C(C)(C)N1O.CC1(C)CC(N)C(C)(C)N1O.CC1(C)CC(N=C=O)C(C)(C)N1O.CC1(C)CC(O)C(C)(C)N1O.CC1(C)CC(OCC2CO2)C(C)(C)N1O. The molecule has 6 fully saturated rings. The number of isocyanates is 1. The molecule has 6 aliphatic heterocycles. The molecule has 9 N–H and O–H groups in total. The first-order valence-corrected chi connectivity index (χ1v) is 22.3. The number of ether oxygens (including phenoxy) is 2. The summed E-state index contributed by atoms with van der Waals surface area (Å²) in [6.45, 7) is 39.8. The van der Waals surface area contributed by atoms with Crippen LogP contribution in [0.1, 0.15) is 171 Å². The van der Waals surface area contributed by atoms with Crippen molar-refractivity contribution in [3.8, 4) is 0 Å². The Labute approximate surface area is 378 Å². The molecule has 6 aliphatic rings. The Balaban J connectivity index is 0.000000272. The Morgan fingerprint density at radius 3 is 1.21 bits per heavy atom. The van der Waals surface area contributed by atoms with E-state index in [0.29, 0.717) is 25.9 Å². The molecular weight excluding hydrogens is 815 g/mol. The normalized spacial score (nSPS) is 34.7. The molecule has 6 saturated heterocycles. The van der Waals surface area contributed by atoms with Crippen molar-refractivity contribution in [2.24, 2.45) is 16.6 Å². The highest BCUT2D eigenvalue weighted by molar-refractivity contribution is 5.72. The third-order valence-corrected chi connectivity index (χ3v) is 14.7. The maximum absolute atomic E-state index is 10.9. The molecule has 6 heterocycles. The molecule has 0 aliphatic carbocycles. The van der Waals surface area contributed by atoms with Crippen molar-refractivity contribution >= 4 is 12.0 Å². The van der Waals surface area contributed by atoms with Crippen LogP contribution in [-0.4, -0.2) is 173 Å². The van der Waals surface area contributed by atoms with Crippen molar-refractivity contribution in [3.63, 3.8) is 0 Å². The van der Waals surface area contributed by atoms with E-state index in [1.807, 2.05) is 125 Å². The van der Waals surface area contributed by atoms with E-state index >= 15 is 0 Å². The Kier molecular flexibility index (Phi) is 17.4. The number of carbonyl (C=O) groups is 1. The molecule has 18 nitrogen and oxygen atoms in total. The van der Waals surface area contributed by atoms with Crippen LogP contribution in [0, 0.1) is 5.92 Å². The van der Waals surface area contributed by atoms with Crippen LogP contribution in [0.25, 0.3) is 0 Å². The zero-order chi connectivity index (χ0) is 49.7. The summed E-state index contributed by atoms with van der Waals surface area (Å²) in [7, 11) is 0. The van der Waals surface area contributed by atoms with Crippen molar-refractivity contribution in [2.45, 2.75) is 256 Å². The minimum absolute atomic E-state index is 0.0579. The van der Waals surface area contributed by atoms with E-state index in [1.54, 1.807) is 19.9 Å². The van der Waals surface area contributed by atoms with Crippen LogP contribution in [0.5, 0.6) is 0 Å². The van der Waals surface area contributed by atoms with Crippen LogP contribution in [0.3, 0.4) is 0 Å². The van der Waals surface area contributed by atoms with Crippen molar-refractivity contribution in [1.29, 1.82) is 0 Å². The molecular formula is C45H89N7O11. The van der Waals surface area contributed by atoms with Gasteiger partial charge in [-0.15, -0.1) is 0 Å². The average molecular weight is 904 g/mol. The zero-order valence-electron chi connectivity index (χ0n) is 42.4. The van der Waals surface area contributed by atoms with E-state index in [0.717, 1.165) is 19.4 Å². The highest BCUT2D eigenvalue weighted by Crippen LogP contribution is 2.45. The van der Waals surface area contributed by atoms with Crippen LogP contribution in [-0.2, 0) is 19.1 Å². The lowest BCUT2D eigenvalue weighted by Gasteiger charge is -2.35. The summed E-state index contributed by atoms with van der Waals surface area (Å²) >= 11 is 0. The van der Waals surface area contributed by atoms with Gasteiger partial charge in [-0.1, -0.05) is 0 Å². The first-order valence-electron chi connectivity index (χ1n) is 22.3. The first kappa shape index (κ1) is 57.4. The number of carboxylic acids is 1. The molecule has 6 rings (SSSR count). The summed E-state index contributed by atoms with van der Waals surface area (Å²) in [5.41, 5.74) is 2.12. The topological polar surface area (TPSA) is 252 Å². The van der Waals surface area contributed by atoms with Crippen LogP contribution in [0.2, 0.25) is 0 Å². The van der Waals surface area contributed by atoms with Crippen LogP contribution in [0.4, 0.5) is 0 Å². The molecule has 0 saturated carbocycles. The smallest absolute Gasteiger partial charge is 0.308 e. The quantitative estimate of drug-likeness (QED) is 0.0885. The largest absolute Gasteiger partial charge is 0.481 e. The standard InChI is InChI=1S/C11H21NO3.C9H16N2O2.C9H17NO3.C8H18N2O.C8H17NO2/c1-10(2)5-9(11(3,4)12(10)13)15-7-8-6-14-8;1-8(2)5-7(10-6-12)9(3,4)11(8)13;1-8(2)5-6(7(11)12)9(3,4)10(8)13;1-7(2)5-6(9)8(3,4)10(7)11;1-7(2)5-6(10)8(3,4)9(7)11/h8-9,13H,5-7H2,1-4H3;7,13H,5H2,1-4H3;6,13H,5H2,1-4H3,(H,11,12);6,11H,5,9H2,1-4H3;6,10-11H,5H2,1-4H3. The molecule has 63 heavy (non-hydrogen) atoms. The van der Waals surface area contributed by atoms with E-state index in [1.165, 1.54) is 25.3 Å². The highest BCUT2D eigenvalue weighted by Gasteiger charge is 2.56. The number of hydrogen-bond acceptors (Lipinski definition) is 17. The zero-order valence-corrected chi connectivity index (χ0v) is 42.4. The van der Waals surface area contributed by atoms with E-state index in [9.17, 15) is 40.7 Å². The third-order valence-electron chi connectivity index (χ3n) is 14.7. The molecule has 18 heteroatoms. The van der Waals surface area contributed by atoms with Gasteiger partial charge in [0.05, 0.1) is 65.1 Å². The third kappa shape index (κ3) is 12.4. The average Bonchev–Trinajstić information content (AvgIpc) is 3.85. The maximum Gasteiger partial charge on any atom is 0.308 e. The summed E-state index contributed by atoms with van der Waals surface area (Å²) < 4.78 is 10.9. The molecule has 0 radical (unpaired) electrons. The molecule has 0 aromatic heterocycles. The molecule has 6 atom stereocenters. The van der Waals surface area contributed by atoms with Crippen molar-refractivity contribution < 1.29 is 55.3 Å². The molecule has 0 amide bonds. The fourth-order valence-corrected chi connectivity index (χ4v) is 10.0. The lowest BCUT2D eigenvalue weighted by atomic mass is 9.87. The van der Waals surface area contributed by atoms with Crippen molar-refractivity contribution in [3.05, 3.63) is 0 Å². The van der Waals surface area contributed by atoms with E-state index < -0.39 is 40.1 Å². The number of epoxide rings is 1. The second-order valence-corrected chi connectivity index (χ2v) is 24.4. The highest BCUT2D eigenvalue weighted by atomic mass is 16.6. The minimum atomic E-state index is -0.838. The fourth-order valence-electron chi connectivity index (χ4n) is 10.0. The van der Waals surface area contributed by atoms with Gasteiger partial charge >= 0.3 is 5.97 Å². The molecule has 370 valence electrons. The number of aliphatic hydroxyl groups excluding tert-OH is 1. The van der Waals surface area contributed by atoms with Crippen molar-refractivity contribution in [1.82, 2.24) is 25.3 Å². The number of hydrogen-bond donors (Lipinski definition) is 8. The number of aliphatic carboxylic acids is 1. The van der Waals surface area contributed by atoms with Crippen LogP contribution in [0.15, 0.2) is 4.99 Å². The molecule has 0 aromatic rings. The van der Waals surface area contributed by atoms with Gasteiger partial charge in [-0.05, 0) is 171 Å². The van der Waals surface area contributed by atoms with Crippen LogP contribution < -0.4 is 5.73 Å². The van der Waals surface area contributed by atoms with E-state index in [4.69, 9.17) is 20.3 Å². The number of aliphatic imine (C=N–C) groups is 1. The predicted octanol–water partition coefficient (Wildman–Crippen LogP) is 6.07. The van der Waals surface area contributed by atoms with Gasteiger partial charge in [0, 0.05) is 33.7 Å². The Hall–Kier alpha value is -1.71. The van der Waals surface area contributed by atoms with Gasteiger partial charge < -0.3 is 51.5 Å². The number of aliphatic hydroxyl groups is 1. The maximum atomic E-state index is 10.9. The van der Waals surface area contributed by atoms with Gasteiger partial charge in [-0.25, -0.2) is 9.79 Å². The summed E-state index contributed by atoms with van der Waals surface area (Å²) in [4.78, 5) is 24.8.